The molecule has 32 heavy (non-hydrogen) atoms. The summed E-state index contributed by atoms with van der Waals surface area (Å²) in [7, 11) is -8.69. The van der Waals surface area contributed by atoms with E-state index in [-0.39, 0.29) is 4.90 Å². The minimum Gasteiger partial charge on any atom is -0.493 e. The minimum absolute atomic E-state index is 0.0201. The molecule has 0 saturated carbocycles. The van der Waals surface area contributed by atoms with Crippen LogP contribution in [0.1, 0.15) is 66.6 Å². The highest BCUT2D eigenvalue weighted by Gasteiger charge is 2.43. The molecule has 0 spiro atoms. The summed E-state index contributed by atoms with van der Waals surface area (Å²) in [5, 5.41) is 1.94. The molecule has 0 fully saturated rings. The van der Waals surface area contributed by atoms with Crippen molar-refractivity contribution in [1.29, 1.82) is 0 Å². The summed E-state index contributed by atoms with van der Waals surface area (Å²) in [6.45, 7) is -10.3. The van der Waals surface area contributed by atoms with Crippen LogP contribution < -0.4 is 14.8 Å². The Morgan fingerprint density at radius 3 is 2.81 bits per heavy atom. The number of imide groups is 1. The van der Waals surface area contributed by atoms with Gasteiger partial charge in [-0.25, -0.2) is 8.42 Å². The number of fused-ring (bicyclic) bond motifs is 1. The first-order valence-electron chi connectivity index (χ1n) is 16.0. The van der Waals surface area contributed by atoms with Crippen molar-refractivity contribution in [1.82, 2.24) is 4.90 Å². The molecule has 1 heterocycles. The molecule has 2 aromatic carbocycles. The van der Waals surface area contributed by atoms with Crippen LogP contribution in [0.4, 0.5) is 5.69 Å². The average molecular weight is 476 g/mol. The number of nitrogens with one attached hydrogen (secondary N) is 1. The van der Waals surface area contributed by atoms with E-state index >= 15 is 0 Å². The molecule has 0 radical (unpaired) electrons. The Morgan fingerprint density at radius 1 is 1.25 bits per heavy atom. The van der Waals surface area contributed by atoms with E-state index in [4.69, 9.17) is 28.7 Å². The van der Waals surface area contributed by atoms with Gasteiger partial charge in [0.2, 0.25) is 5.91 Å². The van der Waals surface area contributed by atoms with Gasteiger partial charge in [0, 0.05) is 25.4 Å². The number of rotatable bonds is 8. The normalized spacial score (nSPS) is 24.1. The van der Waals surface area contributed by atoms with Crippen LogP contribution in [0.15, 0.2) is 36.4 Å². The molecule has 170 valence electrons. The van der Waals surface area contributed by atoms with Crippen LogP contribution in [-0.2, 0) is 14.6 Å². The second-order valence-electron chi connectivity index (χ2n) is 6.30. The number of hydrogen-bond acceptors (Lipinski definition) is 7. The van der Waals surface area contributed by atoms with Crippen LogP contribution in [0.25, 0.3) is 0 Å². The second-order valence-corrected chi connectivity index (χ2v) is 7.82. The summed E-state index contributed by atoms with van der Waals surface area (Å²) in [5.41, 5.74) is -2.64. The Kier molecular flexibility index (Phi) is 2.94. The van der Waals surface area contributed by atoms with Crippen molar-refractivity contribution in [2.75, 3.05) is 30.9 Å². The number of hydrogen-bond donors (Lipinski definition) is 1. The topological polar surface area (TPSA) is 119 Å². The number of benzene rings is 2. The smallest absolute Gasteiger partial charge is 0.264 e. The molecule has 0 aromatic heterocycles. The highest BCUT2D eigenvalue weighted by atomic mass is 32.2. The van der Waals surface area contributed by atoms with E-state index in [2.05, 4.69) is 0 Å². The maximum atomic E-state index is 13.8. The van der Waals surface area contributed by atoms with Gasteiger partial charge in [-0.1, -0.05) is 12.1 Å². The van der Waals surface area contributed by atoms with Crippen molar-refractivity contribution >= 4 is 33.2 Å². The standard InChI is InChI=1S/C22H24N2O7S/c1-5-31-19-11-14(9-10-18(19)30-3)17(12-32(4,28)29)24-21(26)15-7-6-8-16(23-13(2)25)20(15)22(24)27/h6-11,17H,5,12H2,1-4H3,(H,23,25)/i1D3,2D3,3D3,4D3,5D2,17D. The zero-order chi connectivity index (χ0) is 36.3. The third kappa shape index (κ3) is 4.59. The van der Waals surface area contributed by atoms with Crippen LogP contribution in [0, 0.1) is 0 Å². The minimum atomic E-state index is -5.44. The first-order chi connectivity index (χ1) is 20.9. The molecule has 3 rings (SSSR count). The van der Waals surface area contributed by atoms with Gasteiger partial charge in [-0.2, -0.15) is 0 Å². The predicted octanol–water partition coefficient (Wildman–Crippen LogP) is 2.43. The molecule has 0 saturated heterocycles. The maximum absolute atomic E-state index is 13.8. The number of sulfone groups is 1. The number of carbonyl (C=O) groups excluding carboxylic acids is 3. The summed E-state index contributed by atoms with van der Waals surface area (Å²) < 4.78 is 149. The van der Waals surface area contributed by atoms with Gasteiger partial charge >= 0.3 is 0 Å². The lowest BCUT2D eigenvalue weighted by molar-refractivity contribution is -0.114. The van der Waals surface area contributed by atoms with Crippen LogP contribution in [0.3, 0.4) is 0 Å². The molecule has 1 aliphatic heterocycles. The molecule has 10 heteroatoms. The highest BCUT2D eigenvalue weighted by molar-refractivity contribution is 7.90. The average Bonchev–Trinajstić information content (AvgIpc) is 3.12. The Bertz CT molecular complexity index is 1720. The quantitative estimate of drug-likeness (QED) is 0.582. The number of methoxy groups -OCH3 is 1. The molecule has 0 bridgehead atoms. The van der Waals surface area contributed by atoms with Gasteiger partial charge in [0.15, 0.2) is 11.5 Å². The van der Waals surface area contributed by atoms with Crippen molar-refractivity contribution in [3.05, 3.63) is 53.1 Å². The Morgan fingerprint density at radius 2 is 2.09 bits per heavy atom. The maximum Gasteiger partial charge on any atom is 0.264 e. The van der Waals surface area contributed by atoms with E-state index in [9.17, 15) is 24.2 Å². The summed E-state index contributed by atoms with van der Waals surface area (Å²) in [6.07, 6.45) is -3.83. The SMILES string of the molecule is [2H]C([2H])([2H])Oc1ccc(C([2H])(CS(=O)(=O)C([2H])([2H])[2H])N2C(=O)c3cccc(NC(=O)C([2H])([2H])[2H])c3C2=O)cc1OC([2H])([2H])C([2H])([2H])[2H]. The molecule has 9 nitrogen and oxygen atoms in total. The Labute approximate surface area is 207 Å². The van der Waals surface area contributed by atoms with Gasteiger partial charge in [0.05, 0.1) is 50.4 Å². The summed E-state index contributed by atoms with van der Waals surface area (Å²) >= 11 is 0. The van der Waals surface area contributed by atoms with Crippen LogP contribution >= 0.6 is 0 Å². The van der Waals surface area contributed by atoms with E-state index in [0.29, 0.717) is 12.1 Å². The fourth-order valence-electron chi connectivity index (χ4n) is 3.12. The van der Waals surface area contributed by atoms with Gasteiger partial charge in [0.25, 0.3) is 11.8 Å². The molecule has 0 aliphatic carbocycles. The van der Waals surface area contributed by atoms with Crippen molar-refractivity contribution in [3.8, 4) is 11.5 Å². The number of nitrogens with zero attached hydrogens (tertiary/aromatic N) is 1. The molecular weight excluding hydrogens is 436 g/mol. The van der Waals surface area contributed by atoms with Crippen LogP contribution in [0.5, 0.6) is 11.5 Å². The predicted molar refractivity (Wildman–Crippen MR) is 118 cm³/mol. The van der Waals surface area contributed by atoms with Crippen LogP contribution in [0.2, 0.25) is 0 Å². The summed E-state index contributed by atoms with van der Waals surface area (Å²) in [6, 6.07) is 1.71. The largest absolute Gasteiger partial charge is 0.493 e. The summed E-state index contributed by atoms with van der Waals surface area (Å²) in [5.74, 6) is -8.30. The molecular formula is C22H24N2O7S. The first-order valence-corrected chi connectivity index (χ1v) is 10.2. The van der Waals surface area contributed by atoms with E-state index < -0.39 is 107 Å². The van der Waals surface area contributed by atoms with Crippen molar-refractivity contribution in [3.63, 3.8) is 0 Å². The molecule has 2 aromatic rings. The monoisotopic (exact) mass is 475 g/mol. The Hall–Kier alpha value is -3.40. The van der Waals surface area contributed by atoms with E-state index in [0.717, 1.165) is 24.3 Å². The Balaban J connectivity index is 2.33. The zero-order valence-electron chi connectivity index (χ0n) is 30.9. The van der Waals surface area contributed by atoms with Crippen molar-refractivity contribution < 1.29 is 52.8 Å². The lowest BCUT2D eigenvalue weighted by Crippen LogP contribution is -2.37. The zero-order valence-corrected chi connectivity index (χ0v) is 16.7. The number of ether oxygens (including phenoxy) is 2. The van der Waals surface area contributed by atoms with E-state index in [1.54, 1.807) is 0 Å². The van der Waals surface area contributed by atoms with E-state index in [1.165, 1.54) is 0 Å². The third-order valence-corrected chi connectivity index (χ3v) is 4.96. The van der Waals surface area contributed by atoms with Gasteiger partial charge in [-0.05, 0) is 36.7 Å². The molecule has 1 unspecified atom stereocenters. The van der Waals surface area contributed by atoms with Gasteiger partial charge in [0.1, 0.15) is 9.84 Å². The number of carbonyl (C=O) groups is 3. The highest BCUT2D eigenvalue weighted by Crippen LogP contribution is 2.38. The molecule has 1 aliphatic rings. The van der Waals surface area contributed by atoms with Gasteiger partial charge < -0.3 is 14.8 Å². The lowest BCUT2D eigenvalue weighted by atomic mass is 10.1. The molecule has 1 N–H and O–H groups in total. The van der Waals surface area contributed by atoms with Gasteiger partial charge in [-0.15, -0.1) is 0 Å². The fraction of sp³-hybridized carbons (Fsp3) is 0.318. The first kappa shape index (κ1) is 10.5. The second kappa shape index (κ2) is 8.99. The molecule has 1 atom stereocenters. The van der Waals surface area contributed by atoms with Crippen molar-refractivity contribution in [2.45, 2.75) is 19.7 Å². The number of anilines is 1. The van der Waals surface area contributed by atoms with E-state index in [1.807, 2.05) is 5.32 Å². The third-order valence-electron chi connectivity index (χ3n) is 4.31. The lowest BCUT2D eigenvalue weighted by Gasteiger charge is -2.27. The molecule has 3 amide bonds. The van der Waals surface area contributed by atoms with Crippen molar-refractivity contribution in [2.24, 2.45) is 0 Å². The van der Waals surface area contributed by atoms with Gasteiger partial charge in [-0.3, -0.25) is 19.3 Å². The van der Waals surface area contributed by atoms with Crippen LogP contribution in [-0.4, -0.2) is 56.6 Å². The summed E-state index contributed by atoms with van der Waals surface area (Å²) in [4.78, 5) is 39.6. The fourth-order valence-corrected chi connectivity index (χ4v) is 3.78. The number of amides is 3.